The van der Waals surface area contributed by atoms with E-state index in [0.29, 0.717) is 17.9 Å². The lowest BCUT2D eigenvalue weighted by Gasteiger charge is -2.10. The molecule has 0 heterocycles. The molecular formula is C13H20FNO. The van der Waals surface area contributed by atoms with Crippen molar-refractivity contribution in [2.45, 2.75) is 39.2 Å². The third-order valence-corrected chi connectivity index (χ3v) is 2.48. The quantitative estimate of drug-likeness (QED) is 0.753. The smallest absolute Gasteiger partial charge is 0.131 e. The first-order valence-corrected chi connectivity index (χ1v) is 5.83. The molecule has 0 aliphatic heterocycles. The van der Waals surface area contributed by atoms with Crippen molar-refractivity contribution in [3.8, 4) is 5.75 Å². The fraction of sp³-hybridized carbons (Fsp3) is 0.538. The summed E-state index contributed by atoms with van der Waals surface area (Å²) >= 11 is 0. The van der Waals surface area contributed by atoms with Crippen molar-refractivity contribution in [2.24, 2.45) is 5.73 Å². The summed E-state index contributed by atoms with van der Waals surface area (Å²) < 4.78 is 19.0. The third kappa shape index (κ3) is 3.81. The first-order valence-electron chi connectivity index (χ1n) is 5.83. The maximum atomic E-state index is 13.5. The Kier molecular flexibility index (Phi) is 5.26. The number of hydrogen-bond donors (Lipinski definition) is 1. The Morgan fingerprint density at radius 3 is 2.69 bits per heavy atom. The van der Waals surface area contributed by atoms with Crippen LogP contribution in [0.2, 0.25) is 0 Å². The largest absolute Gasteiger partial charge is 0.493 e. The van der Waals surface area contributed by atoms with Crippen LogP contribution >= 0.6 is 0 Å². The van der Waals surface area contributed by atoms with Crippen LogP contribution in [0.25, 0.3) is 0 Å². The molecule has 1 atom stereocenters. The van der Waals surface area contributed by atoms with Gasteiger partial charge in [-0.05, 0) is 19.4 Å². The standard InChI is InChI=1S/C13H20FNO/c1-3-4-5-8-16-11-6-7-12(10(2)15)13(14)9-11/h6-7,9-10H,3-5,8,15H2,1-2H3/t10-/m0/s1. The lowest BCUT2D eigenvalue weighted by molar-refractivity contribution is 0.304. The molecule has 16 heavy (non-hydrogen) atoms. The summed E-state index contributed by atoms with van der Waals surface area (Å²) in [6, 6.07) is 4.59. The number of unbranched alkanes of at least 4 members (excludes halogenated alkanes) is 2. The topological polar surface area (TPSA) is 35.2 Å². The third-order valence-electron chi connectivity index (χ3n) is 2.48. The Bertz CT molecular complexity index is 326. The van der Waals surface area contributed by atoms with Crippen molar-refractivity contribution in [1.29, 1.82) is 0 Å². The lowest BCUT2D eigenvalue weighted by Crippen LogP contribution is -2.07. The van der Waals surface area contributed by atoms with Crippen LogP contribution in [0.1, 0.15) is 44.7 Å². The number of nitrogens with two attached hydrogens (primary N) is 1. The van der Waals surface area contributed by atoms with Crippen molar-refractivity contribution in [2.75, 3.05) is 6.61 Å². The van der Waals surface area contributed by atoms with E-state index in [1.165, 1.54) is 6.07 Å². The van der Waals surface area contributed by atoms with Crippen LogP contribution < -0.4 is 10.5 Å². The Morgan fingerprint density at radius 1 is 1.38 bits per heavy atom. The van der Waals surface area contributed by atoms with Gasteiger partial charge in [0.1, 0.15) is 11.6 Å². The Balaban J connectivity index is 2.53. The highest BCUT2D eigenvalue weighted by molar-refractivity contribution is 5.30. The fourth-order valence-electron chi connectivity index (χ4n) is 1.51. The molecule has 0 unspecified atom stereocenters. The molecule has 0 aliphatic rings. The fourth-order valence-corrected chi connectivity index (χ4v) is 1.51. The Morgan fingerprint density at radius 2 is 2.12 bits per heavy atom. The summed E-state index contributed by atoms with van der Waals surface area (Å²) in [7, 11) is 0. The summed E-state index contributed by atoms with van der Waals surface area (Å²) in [5.41, 5.74) is 6.15. The van der Waals surface area contributed by atoms with Crippen LogP contribution in [0, 0.1) is 5.82 Å². The first kappa shape index (κ1) is 13.0. The van der Waals surface area contributed by atoms with Crippen molar-refractivity contribution in [1.82, 2.24) is 0 Å². The van der Waals surface area contributed by atoms with Gasteiger partial charge in [0.05, 0.1) is 6.61 Å². The molecule has 0 spiro atoms. The molecule has 0 fully saturated rings. The van der Waals surface area contributed by atoms with Crippen LogP contribution in [0.5, 0.6) is 5.75 Å². The van der Waals surface area contributed by atoms with Gasteiger partial charge in [-0.2, -0.15) is 0 Å². The van der Waals surface area contributed by atoms with Crippen LogP contribution in [0.15, 0.2) is 18.2 Å². The minimum Gasteiger partial charge on any atom is -0.493 e. The van der Waals surface area contributed by atoms with E-state index < -0.39 is 0 Å². The molecule has 0 radical (unpaired) electrons. The molecule has 0 bridgehead atoms. The molecule has 1 aromatic rings. The average molecular weight is 225 g/mol. The van der Waals surface area contributed by atoms with Gasteiger partial charge < -0.3 is 10.5 Å². The summed E-state index contributed by atoms with van der Waals surface area (Å²) in [6.45, 7) is 4.54. The van der Waals surface area contributed by atoms with E-state index in [2.05, 4.69) is 6.92 Å². The van der Waals surface area contributed by atoms with E-state index in [1.807, 2.05) is 0 Å². The molecule has 0 amide bonds. The zero-order chi connectivity index (χ0) is 12.0. The van der Waals surface area contributed by atoms with E-state index in [1.54, 1.807) is 19.1 Å². The van der Waals surface area contributed by atoms with E-state index >= 15 is 0 Å². The van der Waals surface area contributed by atoms with E-state index in [4.69, 9.17) is 10.5 Å². The van der Waals surface area contributed by atoms with Crippen molar-refractivity contribution >= 4 is 0 Å². The minimum atomic E-state index is -0.289. The van der Waals surface area contributed by atoms with Crippen LogP contribution in [0.3, 0.4) is 0 Å². The normalized spacial score (nSPS) is 12.5. The number of benzene rings is 1. The molecule has 3 heteroatoms. The zero-order valence-corrected chi connectivity index (χ0v) is 10.0. The monoisotopic (exact) mass is 225 g/mol. The highest BCUT2D eigenvalue weighted by atomic mass is 19.1. The van der Waals surface area contributed by atoms with Gasteiger partial charge in [-0.25, -0.2) is 4.39 Å². The summed E-state index contributed by atoms with van der Waals surface area (Å²) in [4.78, 5) is 0. The molecule has 0 aromatic heterocycles. The molecule has 2 N–H and O–H groups in total. The van der Waals surface area contributed by atoms with Crippen LogP contribution in [-0.4, -0.2) is 6.61 Å². The van der Waals surface area contributed by atoms with Crippen LogP contribution in [-0.2, 0) is 0 Å². The van der Waals surface area contributed by atoms with E-state index in [0.717, 1.165) is 19.3 Å². The molecular weight excluding hydrogens is 205 g/mol. The second-order valence-corrected chi connectivity index (χ2v) is 4.03. The number of rotatable bonds is 6. The van der Waals surface area contributed by atoms with Gasteiger partial charge in [-0.1, -0.05) is 25.8 Å². The van der Waals surface area contributed by atoms with Crippen LogP contribution in [0.4, 0.5) is 4.39 Å². The van der Waals surface area contributed by atoms with Gasteiger partial charge >= 0.3 is 0 Å². The summed E-state index contributed by atoms with van der Waals surface area (Å²) in [5, 5.41) is 0. The maximum Gasteiger partial charge on any atom is 0.131 e. The molecule has 1 aromatic carbocycles. The summed E-state index contributed by atoms with van der Waals surface area (Å²) in [5.74, 6) is 0.293. The number of ether oxygens (including phenoxy) is 1. The number of hydrogen-bond acceptors (Lipinski definition) is 2. The molecule has 2 nitrogen and oxygen atoms in total. The predicted molar refractivity (Wildman–Crippen MR) is 64.0 cm³/mol. The maximum absolute atomic E-state index is 13.5. The highest BCUT2D eigenvalue weighted by Crippen LogP contribution is 2.20. The summed E-state index contributed by atoms with van der Waals surface area (Å²) in [6.07, 6.45) is 3.30. The SMILES string of the molecule is CCCCCOc1ccc([C@H](C)N)c(F)c1. The van der Waals surface area contributed by atoms with Gasteiger partial charge in [0.15, 0.2) is 0 Å². The second-order valence-electron chi connectivity index (χ2n) is 4.03. The molecule has 90 valence electrons. The molecule has 0 aliphatic carbocycles. The van der Waals surface area contributed by atoms with Gasteiger partial charge in [0.25, 0.3) is 0 Å². The second kappa shape index (κ2) is 6.48. The van der Waals surface area contributed by atoms with E-state index in [9.17, 15) is 4.39 Å². The van der Waals surface area contributed by atoms with Gasteiger partial charge in [0.2, 0.25) is 0 Å². The highest BCUT2D eigenvalue weighted by Gasteiger charge is 2.07. The van der Waals surface area contributed by atoms with Gasteiger partial charge in [0, 0.05) is 17.7 Å². The van der Waals surface area contributed by atoms with Gasteiger partial charge in [-0.3, -0.25) is 0 Å². The Hall–Kier alpha value is -1.09. The van der Waals surface area contributed by atoms with E-state index in [-0.39, 0.29) is 11.9 Å². The van der Waals surface area contributed by atoms with Crippen molar-refractivity contribution < 1.29 is 9.13 Å². The number of halogens is 1. The first-order chi connectivity index (χ1) is 7.65. The minimum absolute atomic E-state index is 0.283. The zero-order valence-electron chi connectivity index (χ0n) is 10.0. The van der Waals surface area contributed by atoms with Crippen molar-refractivity contribution in [3.05, 3.63) is 29.6 Å². The van der Waals surface area contributed by atoms with Gasteiger partial charge in [-0.15, -0.1) is 0 Å². The molecule has 0 saturated heterocycles. The lowest BCUT2D eigenvalue weighted by atomic mass is 10.1. The molecule has 1 rings (SSSR count). The average Bonchev–Trinajstić information content (AvgIpc) is 2.24. The Labute approximate surface area is 96.6 Å². The predicted octanol–water partition coefficient (Wildman–Crippen LogP) is 3.41. The molecule has 0 saturated carbocycles. The van der Waals surface area contributed by atoms with Crippen molar-refractivity contribution in [3.63, 3.8) is 0 Å².